The fourth-order valence-electron chi connectivity index (χ4n) is 1.84. The van der Waals surface area contributed by atoms with Crippen LogP contribution in [-0.4, -0.2) is 34.5 Å². The van der Waals surface area contributed by atoms with Gasteiger partial charge in [-0.3, -0.25) is 4.90 Å². The van der Waals surface area contributed by atoms with Crippen molar-refractivity contribution in [1.82, 2.24) is 14.9 Å². The van der Waals surface area contributed by atoms with Crippen LogP contribution in [0, 0.1) is 0 Å². The van der Waals surface area contributed by atoms with Crippen molar-refractivity contribution in [3.05, 3.63) is 15.8 Å². The van der Waals surface area contributed by atoms with E-state index in [1.807, 2.05) is 0 Å². The summed E-state index contributed by atoms with van der Waals surface area (Å²) in [6, 6.07) is 0. The molecule has 2 aromatic rings. The standard InChI is InChI=1S/C14H22N4S2/c1-4-7-15-14-17-12(10-20-14)11-9-19-13(16-11)8-18(5-2)6-3/h9-10H,4-8H2,1-3H3,(H,15,17). The van der Waals surface area contributed by atoms with Crippen LogP contribution in [0.3, 0.4) is 0 Å². The number of thiazole rings is 2. The van der Waals surface area contributed by atoms with E-state index in [1.54, 1.807) is 22.7 Å². The highest BCUT2D eigenvalue weighted by molar-refractivity contribution is 7.14. The molecule has 20 heavy (non-hydrogen) atoms. The van der Waals surface area contributed by atoms with Crippen molar-refractivity contribution < 1.29 is 0 Å². The molecule has 4 nitrogen and oxygen atoms in total. The Balaban J connectivity index is 2.02. The van der Waals surface area contributed by atoms with Crippen molar-refractivity contribution in [2.75, 3.05) is 25.0 Å². The summed E-state index contributed by atoms with van der Waals surface area (Å²) in [5.74, 6) is 0. The number of hydrogen-bond donors (Lipinski definition) is 1. The molecule has 0 unspecified atom stereocenters. The molecule has 0 aromatic carbocycles. The number of aromatic nitrogens is 2. The van der Waals surface area contributed by atoms with Gasteiger partial charge < -0.3 is 5.32 Å². The zero-order valence-corrected chi connectivity index (χ0v) is 14.0. The van der Waals surface area contributed by atoms with Crippen molar-refractivity contribution >= 4 is 27.8 Å². The van der Waals surface area contributed by atoms with Gasteiger partial charge in [-0.25, -0.2) is 9.97 Å². The minimum Gasteiger partial charge on any atom is -0.362 e. The van der Waals surface area contributed by atoms with Crippen LogP contribution < -0.4 is 5.32 Å². The van der Waals surface area contributed by atoms with Gasteiger partial charge in [0.1, 0.15) is 16.4 Å². The Kier molecular flexibility index (Phi) is 5.94. The van der Waals surface area contributed by atoms with Crippen LogP contribution in [-0.2, 0) is 6.54 Å². The minimum atomic E-state index is 0.933. The smallest absolute Gasteiger partial charge is 0.183 e. The van der Waals surface area contributed by atoms with Crippen molar-refractivity contribution in [3.63, 3.8) is 0 Å². The molecular formula is C14H22N4S2. The number of rotatable bonds is 8. The fourth-order valence-corrected chi connectivity index (χ4v) is 3.41. The molecule has 0 aliphatic rings. The Morgan fingerprint density at radius 1 is 1.05 bits per heavy atom. The Bertz CT molecular complexity index is 517. The second kappa shape index (κ2) is 7.71. The molecule has 2 aromatic heterocycles. The van der Waals surface area contributed by atoms with E-state index in [4.69, 9.17) is 4.98 Å². The molecule has 0 fully saturated rings. The van der Waals surface area contributed by atoms with Gasteiger partial charge >= 0.3 is 0 Å². The molecule has 0 spiro atoms. The van der Waals surface area contributed by atoms with Crippen molar-refractivity contribution in [2.24, 2.45) is 0 Å². The molecule has 0 saturated heterocycles. The monoisotopic (exact) mass is 310 g/mol. The van der Waals surface area contributed by atoms with E-state index >= 15 is 0 Å². The third-order valence-electron chi connectivity index (χ3n) is 3.10. The minimum absolute atomic E-state index is 0.933. The highest BCUT2D eigenvalue weighted by atomic mass is 32.1. The van der Waals surface area contributed by atoms with Crippen LogP contribution in [0.4, 0.5) is 5.13 Å². The van der Waals surface area contributed by atoms with Crippen LogP contribution in [0.25, 0.3) is 11.4 Å². The van der Waals surface area contributed by atoms with Gasteiger partial charge in [0.25, 0.3) is 0 Å². The molecule has 6 heteroatoms. The van der Waals surface area contributed by atoms with Crippen LogP contribution in [0.15, 0.2) is 10.8 Å². The number of anilines is 1. The summed E-state index contributed by atoms with van der Waals surface area (Å²) in [7, 11) is 0. The lowest BCUT2D eigenvalue weighted by Gasteiger charge is -2.15. The lowest BCUT2D eigenvalue weighted by atomic mass is 10.4. The average Bonchev–Trinajstić information content (AvgIpc) is 3.11. The van der Waals surface area contributed by atoms with E-state index in [0.29, 0.717) is 0 Å². The number of nitrogens with one attached hydrogen (secondary N) is 1. The van der Waals surface area contributed by atoms with Crippen LogP contribution in [0.5, 0.6) is 0 Å². The molecule has 0 amide bonds. The average molecular weight is 310 g/mol. The Morgan fingerprint density at radius 3 is 2.45 bits per heavy atom. The van der Waals surface area contributed by atoms with E-state index in [9.17, 15) is 0 Å². The Hall–Kier alpha value is -0.980. The quantitative estimate of drug-likeness (QED) is 0.802. The lowest BCUT2D eigenvalue weighted by Crippen LogP contribution is -2.21. The molecule has 110 valence electrons. The van der Waals surface area contributed by atoms with Crippen LogP contribution in [0.2, 0.25) is 0 Å². The van der Waals surface area contributed by atoms with E-state index in [-0.39, 0.29) is 0 Å². The van der Waals surface area contributed by atoms with Gasteiger partial charge in [-0.2, -0.15) is 0 Å². The largest absolute Gasteiger partial charge is 0.362 e. The van der Waals surface area contributed by atoms with Gasteiger partial charge in [-0.1, -0.05) is 20.8 Å². The zero-order valence-electron chi connectivity index (χ0n) is 12.3. The highest BCUT2D eigenvalue weighted by Crippen LogP contribution is 2.26. The molecule has 2 rings (SSSR count). The number of hydrogen-bond acceptors (Lipinski definition) is 6. The predicted octanol–water partition coefficient (Wildman–Crippen LogP) is 3.93. The summed E-state index contributed by atoms with van der Waals surface area (Å²) < 4.78 is 0. The summed E-state index contributed by atoms with van der Waals surface area (Å²) in [5.41, 5.74) is 1.98. The van der Waals surface area contributed by atoms with Gasteiger partial charge in [0.2, 0.25) is 0 Å². The van der Waals surface area contributed by atoms with Crippen LogP contribution in [0.1, 0.15) is 32.2 Å². The summed E-state index contributed by atoms with van der Waals surface area (Å²) in [6.07, 6.45) is 1.11. The highest BCUT2D eigenvalue weighted by Gasteiger charge is 2.10. The Morgan fingerprint density at radius 2 is 1.75 bits per heavy atom. The topological polar surface area (TPSA) is 41.1 Å². The first-order chi connectivity index (χ1) is 9.76. The normalized spacial score (nSPS) is 11.2. The summed E-state index contributed by atoms with van der Waals surface area (Å²) >= 11 is 3.37. The third-order valence-corrected chi connectivity index (χ3v) is 4.73. The molecule has 0 saturated carbocycles. The maximum atomic E-state index is 4.70. The maximum Gasteiger partial charge on any atom is 0.183 e. The van der Waals surface area contributed by atoms with Gasteiger partial charge in [-0.05, 0) is 19.5 Å². The van der Waals surface area contributed by atoms with Crippen molar-refractivity contribution in [3.8, 4) is 11.4 Å². The van der Waals surface area contributed by atoms with Gasteiger partial charge in [0.05, 0.1) is 6.54 Å². The summed E-state index contributed by atoms with van der Waals surface area (Å²) in [5, 5.41) is 9.66. The van der Waals surface area contributed by atoms with Crippen molar-refractivity contribution in [1.29, 1.82) is 0 Å². The molecule has 0 atom stereocenters. The summed E-state index contributed by atoms with van der Waals surface area (Å²) in [4.78, 5) is 11.7. The molecule has 0 radical (unpaired) electrons. The first kappa shape index (κ1) is 15.4. The SMILES string of the molecule is CCCNc1nc(-c2csc(CN(CC)CC)n2)cs1. The zero-order chi connectivity index (χ0) is 14.4. The second-order valence-corrected chi connectivity index (χ2v) is 6.35. The predicted molar refractivity (Wildman–Crippen MR) is 88.6 cm³/mol. The van der Waals surface area contributed by atoms with Gasteiger partial charge in [0, 0.05) is 17.3 Å². The van der Waals surface area contributed by atoms with E-state index in [2.05, 4.69) is 46.7 Å². The molecule has 0 bridgehead atoms. The molecule has 1 N–H and O–H groups in total. The second-order valence-electron chi connectivity index (χ2n) is 4.55. The van der Waals surface area contributed by atoms with E-state index in [0.717, 1.165) is 49.1 Å². The first-order valence-corrected chi connectivity index (χ1v) is 8.89. The molecule has 2 heterocycles. The molecule has 0 aliphatic heterocycles. The third kappa shape index (κ3) is 4.01. The first-order valence-electron chi connectivity index (χ1n) is 7.13. The van der Waals surface area contributed by atoms with E-state index < -0.39 is 0 Å². The van der Waals surface area contributed by atoms with E-state index in [1.165, 1.54) is 5.01 Å². The Labute approximate surface area is 128 Å². The number of nitrogens with zero attached hydrogens (tertiary/aromatic N) is 3. The van der Waals surface area contributed by atoms with Crippen molar-refractivity contribution in [2.45, 2.75) is 33.7 Å². The molecule has 0 aliphatic carbocycles. The van der Waals surface area contributed by atoms with Gasteiger partial charge in [-0.15, -0.1) is 22.7 Å². The maximum absolute atomic E-state index is 4.70. The summed E-state index contributed by atoms with van der Waals surface area (Å²) in [6.45, 7) is 10.6. The molecular weight excluding hydrogens is 288 g/mol. The fraction of sp³-hybridized carbons (Fsp3) is 0.571. The lowest BCUT2D eigenvalue weighted by molar-refractivity contribution is 0.295. The van der Waals surface area contributed by atoms with Gasteiger partial charge in [0.15, 0.2) is 5.13 Å². The van der Waals surface area contributed by atoms with Crippen LogP contribution >= 0.6 is 22.7 Å².